The van der Waals surface area contributed by atoms with Gasteiger partial charge in [-0.05, 0) is 30.2 Å². The molecule has 5 nitrogen and oxygen atoms in total. The van der Waals surface area contributed by atoms with E-state index in [1.807, 2.05) is 24.3 Å². The second-order valence-electron chi connectivity index (χ2n) is 5.29. The van der Waals surface area contributed by atoms with E-state index >= 15 is 0 Å². The Balaban J connectivity index is 1.58. The molecular weight excluding hydrogens is 358 g/mol. The summed E-state index contributed by atoms with van der Waals surface area (Å²) < 4.78 is 0. The summed E-state index contributed by atoms with van der Waals surface area (Å²) >= 11 is 7.64. The van der Waals surface area contributed by atoms with Crippen LogP contribution in [-0.4, -0.2) is 35.3 Å². The molecule has 7 heteroatoms. The van der Waals surface area contributed by atoms with Crippen LogP contribution >= 0.6 is 23.4 Å². The van der Waals surface area contributed by atoms with Crippen LogP contribution in [-0.2, 0) is 10.5 Å². The molecule has 1 N–H and O–H groups in total. The summed E-state index contributed by atoms with van der Waals surface area (Å²) in [6.45, 7) is 0.438. The summed E-state index contributed by atoms with van der Waals surface area (Å²) in [4.78, 5) is 23.8. The number of allylic oxidation sites excluding steroid dienone is 3. The lowest BCUT2D eigenvalue weighted by Gasteiger charge is -2.12. The largest absolute Gasteiger partial charge is 0.342 e. The van der Waals surface area contributed by atoms with Crippen LogP contribution < -0.4 is 5.32 Å². The van der Waals surface area contributed by atoms with Gasteiger partial charge in [-0.15, -0.1) is 11.8 Å². The fourth-order valence-corrected chi connectivity index (χ4v) is 3.27. The molecule has 132 valence electrons. The number of carbonyl (C=O) groups is 2. The number of nitrogens with one attached hydrogen (secondary N) is 1. The van der Waals surface area contributed by atoms with Crippen LogP contribution in [0, 0.1) is 0 Å². The Bertz CT molecular complexity index is 673. The smallest absolute Gasteiger partial charge is 0.336 e. The minimum Gasteiger partial charge on any atom is -0.336 e. The topological polar surface area (TPSA) is 61.8 Å². The van der Waals surface area contributed by atoms with Gasteiger partial charge in [-0.3, -0.25) is 4.79 Å². The van der Waals surface area contributed by atoms with Crippen LogP contribution in [0.1, 0.15) is 18.4 Å². The summed E-state index contributed by atoms with van der Waals surface area (Å²) in [6.07, 6.45) is 9.42. The fraction of sp³-hybridized carbons (Fsp3) is 0.278. The second kappa shape index (κ2) is 10.7. The Morgan fingerprint density at radius 2 is 2.04 bits per heavy atom. The molecule has 0 bridgehead atoms. The van der Waals surface area contributed by atoms with E-state index in [4.69, 9.17) is 11.6 Å². The van der Waals surface area contributed by atoms with Crippen LogP contribution in [0.5, 0.6) is 0 Å². The number of ketones is 1. The summed E-state index contributed by atoms with van der Waals surface area (Å²) in [6, 6.07) is 7.33. The monoisotopic (exact) mass is 377 g/mol. The lowest BCUT2D eigenvalue weighted by atomic mass is 10.2. The first-order valence-corrected chi connectivity index (χ1v) is 9.47. The standard InChI is InChI=1S/C18H20ClN3O2S/c19-17-9-3-2-7-15(17)13-25-14-16(23)8-6-10-20-18(24)22-12-5-1-4-11-21-22/h1-5,7,9,11-12H,6,8,10,13-14H2,(H,20,24). The van der Waals surface area contributed by atoms with Gasteiger partial charge in [0.25, 0.3) is 0 Å². The number of thioether (sulfide) groups is 1. The molecule has 2 rings (SSSR count). The summed E-state index contributed by atoms with van der Waals surface area (Å²) in [7, 11) is 0. The molecule has 0 saturated carbocycles. The lowest BCUT2D eigenvalue weighted by Crippen LogP contribution is -2.34. The Labute approximate surface area is 156 Å². The predicted molar refractivity (Wildman–Crippen MR) is 104 cm³/mol. The zero-order chi connectivity index (χ0) is 17.9. The van der Waals surface area contributed by atoms with Gasteiger partial charge in [-0.1, -0.05) is 35.9 Å². The molecule has 1 aromatic carbocycles. The van der Waals surface area contributed by atoms with E-state index in [1.165, 1.54) is 5.01 Å². The number of benzene rings is 1. The Morgan fingerprint density at radius 1 is 1.20 bits per heavy atom. The number of urea groups is 1. The average molecular weight is 378 g/mol. The quantitative estimate of drug-likeness (QED) is 0.696. The highest BCUT2D eigenvalue weighted by atomic mass is 35.5. The number of hydrazone groups is 1. The normalized spacial score (nSPS) is 12.9. The van der Waals surface area contributed by atoms with Gasteiger partial charge in [0.1, 0.15) is 5.78 Å². The third kappa shape index (κ3) is 7.15. The fourth-order valence-electron chi connectivity index (χ4n) is 2.04. The van der Waals surface area contributed by atoms with Crippen molar-refractivity contribution in [2.45, 2.75) is 18.6 Å². The van der Waals surface area contributed by atoms with Gasteiger partial charge < -0.3 is 5.32 Å². The molecule has 2 amide bonds. The molecule has 0 aromatic heterocycles. The van der Waals surface area contributed by atoms with E-state index in [0.717, 1.165) is 16.3 Å². The first kappa shape index (κ1) is 19.3. The van der Waals surface area contributed by atoms with Gasteiger partial charge in [0.05, 0.1) is 5.75 Å². The van der Waals surface area contributed by atoms with Gasteiger partial charge >= 0.3 is 6.03 Å². The molecule has 0 atom stereocenters. The minimum absolute atomic E-state index is 0.170. The zero-order valence-electron chi connectivity index (χ0n) is 13.7. The van der Waals surface area contributed by atoms with Gasteiger partial charge in [-0.2, -0.15) is 10.1 Å². The Hall–Kier alpha value is -2.05. The summed E-state index contributed by atoms with van der Waals surface area (Å²) in [5.74, 6) is 1.34. The number of amides is 2. The molecule has 0 radical (unpaired) electrons. The van der Waals surface area contributed by atoms with Gasteiger partial charge in [0.2, 0.25) is 0 Å². The summed E-state index contributed by atoms with van der Waals surface area (Å²) in [5, 5.41) is 8.65. The number of hydrogen-bond donors (Lipinski definition) is 1. The number of rotatable bonds is 8. The molecule has 0 aliphatic carbocycles. The van der Waals surface area contributed by atoms with E-state index in [1.54, 1.807) is 42.4 Å². The molecule has 1 heterocycles. The highest BCUT2D eigenvalue weighted by Crippen LogP contribution is 2.20. The maximum atomic E-state index is 11.9. The van der Waals surface area contributed by atoms with Crippen molar-refractivity contribution in [3.8, 4) is 0 Å². The van der Waals surface area contributed by atoms with Crippen molar-refractivity contribution >= 4 is 41.4 Å². The average Bonchev–Trinajstić information content (AvgIpc) is 2.90. The maximum Gasteiger partial charge on any atom is 0.342 e. The molecule has 0 unspecified atom stereocenters. The number of halogens is 1. The van der Waals surface area contributed by atoms with E-state index in [9.17, 15) is 9.59 Å². The maximum absolute atomic E-state index is 11.9. The molecule has 1 aliphatic heterocycles. The second-order valence-corrected chi connectivity index (χ2v) is 6.69. The Morgan fingerprint density at radius 3 is 2.88 bits per heavy atom. The van der Waals surface area contributed by atoms with Crippen LogP contribution in [0.2, 0.25) is 5.02 Å². The van der Waals surface area contributed by atoms with Crippen molar-refractivity contribution in [3.63, 3.8) is 0 Å². The SMILES string of the molecule is O=C(CCCNC(=O)N1C=CC=CC=N1)CSCc1ccccc1Cl. The number of carbonyl (C=O) groups excluding carboxylic acids is 2. The van der Waals surface area contributed by atoms with Crippen molar-refractivity contribution in [1.29, 1.82) is 0 Å². The molecular formula is C18H20ClN3O2S. The van der Waals surface area contributed by atoms with Crippen LogP contribution in [0.3, 0.4) is 0 Å². The minimum atomic E-state index is -0.309. The van der Waals surface area contributed by atoms with Crippen molar-refractivity contribution in [2.75, 3.05) is 12.3 Å². The van der Waals surface area contributed by atoms with Crippen LogP contribution in [0.25, 0.3) is 0 Å². The van der Waals surface area contributed by atoms with E-state index < -0.39 is 0 Å². The highest BCUT2D eigenvalue weighted by Gasteiger charge is 2.09. The third-order valence-corrected chi connectivity index (χ3v) is 4.73. The van der Waals surface area contributed by atoms with E-state index in [0.29, 0.717) is 25.1 Å². The van der Waals surface area contributed by atoms with E-state index in [-0.39, 0.29) is 11.8 Å². The first-order chi connectivity index (χ1) is 12.2. The number of Topliss-reactive ketones (excluding diaryl/α,β-unsaturated/α-hetero) is 1. The summed E-state index contributed by atoms with van der Waals surface area (Å²) in [5.41, 5.74) is 1.04. The molecule has 1 aromatic rings. The molecule has 0 fully saturated rings. The van der Waals surface area contributed by atoms with Gasteiger partial charge in [0, 0.05) is 36.2 Å². The zero-order valence-corrected chi connectivity index (χ0v) is 15.3. The number of hydrogen-bond acceptors (Lipinski definition) is 4. The lowest BCUT2D eigenvalue weighted by molar-refractivity contribution is -0.116. The van der Waals surface area contributed by atoms with Crippen LogP contribution in [0.4, 0.5) is 4.79 Å². The first-order valence-electron chi connectivity index (χ1n) is 7.94. The Kier molecular flexibility index (Phi) is 8.28. The molecule has 1 aliphatic rings. The molecule has 25 heavy (non-hydrogen) atoms. The predicted octanol–water partition coefficient (Wildman–Crippen LogP) is 4.00. The van der Waals surface area contributed by atoms with Gasteiger partial charge in [0.15, 0.2) is 0 Å². The molecule has 0 spiro atoms. The van der Waals surface area contributed by atoms with Crippen molar-refractivity contribution in [2.24, 2.45) is 5.10 Å². The molecule has 0 saturated heterocycles. The highest BCUT2D eigenvalue weighted by molar-refractivity contribution is 7.99. The van der Waals surface area contributed by atoms with Crippen molar-refractivity contribution < 1.29 is 9.59 Å². The van der Waals surface area contributed by atoms with Crippen molar-refractivity contribution in [3.05, 3.63) is 59.3 Å². The third-order valence-electron chi connectivity index (χ3n) is 3.32. The van der Waals surface area contributed by atoms with Crippen molar-refractivity contribution in [1.82, 2.24) is 10.3 Å². The van der Waals surface area contributed by atoms with Gasteiger partial charge in [-0.25, -0.2) is 4.79 Å². The van der Waals surface area contributed by atoms with Crippen LogP contribution in [0.15, 0.2) is 53.8 Å². The van der Waals surface area contributed by atoms with E-state index in [2.05, 4.69) is 10.4 Å². The number of nitrogens with zero attached hydrogens (tertiary/aromatic N) is 2.